The van der Waals surface area contributed by atoms with E-state index in [2.05, 4.69) is 28.5 Å². The molecule has 4 unspecified atom stereocenters. The van der Waals surface area contributed by atoms with E-state index in [9.17, 15) is 14.4 Å². The summed E-state index contributed by atoms with van der Waals surface area (Å²) in [5.41, 5.74) is -0.735. The third kappa shape index (κ3) is 8.67. The SMILES string of the molecule is CCC(COC(=O)CCN1CC1)(COC(=O)CCN1CC1C)COC(=O)CCN1CC1C. The van der Waals surface area contributed by atoms with Gasteiger partial charge in [0.15, 0.2) is 0 Å². The summed E-state index contributed by atoms with van der Waals surface area (Å²) < 4.78 is 16.6. The zero-order valence-electron chi connectivity index (χ0n) is 19.8. The summed E-state index contributed by atoms with van der Waals surface area (Å²) in [7, 11) is 0. The monoisotopic (exact) mass is 453 g/mol. The molecule has 9 nitrogen and oxygen atoms in total. The second-order valence-electron chi connectivity index (χ2n) is 9.62. The fraction of sp³-hybridized carbons (Fsp3) is 0.870. The second kappa shape index (κ2) is 11.4. The zero-order chi connectivity index (χ0) is 23.1. The van der Waals surface area contributed by atoms with E-state index in [1.165, 1.54) is 0 Å². The van der Waals surface area contributed by atoms with Crippen molar-refractivity contribution >= 4 is 17.9 Å². The highest BCUT2D eigenvalue weighted by atomic mass is 16.6. The molecule has 32 heavy (non-hydrogen) atoms. The van der Waals surface area contributed by atoms with Crippen molar-refractivity contribution in [3.8, 4) is 0 Å². The molecule has 3 saturated heterocycles. The topological polar surface area (TPSA) is 87.9 Å². The average Bonchev–Trinajstić information content (AvgIpc) is 3.68. The molecular weight excluding hydrogens is 414 g/mol. The van der Waals surface area contributed by atoms with Gasteiger partial charge < -0.3 is 19.1 Å². The summed E-state index contributed by atoms with van der Waals surface area (Å²) in [6.45, 7) is 12.5. The molecule has 3 heterocycles. The van der Waals surface area contributed by atoms with Crippen molar-refractivity contribution in [2.75, 3.05) is 65.6 Å². The lowest BCUT2D eigenvalue weighted by atomic mass is 9.88. The molecule has 0 aromatic carbocycles. The van der Waals surface area contributed by atoms with Crippen molar-refractivity contribution in [2.45, 2.75) is 58.5 Å². The average molecular weight is 454 g/mol. The summed E-state index contributed by atoms with van der Waals surface area (Å²) in [6, 6.07) is 1.08. The van der Waals surface area contributed by atoms with E-state index in [-0.39, 0.29) is 37.7 Å². The lowest BCUT2D eigenvalue weighted by molar-refractivity contribution is -0.162. The number of ether oxygens (including phenoxy) is 3. The number of nitrogens with zero attached hydrogens (tertiary/aromatic N) is 3. The van der Waals surface area contributed by atoms with Crippen molar-refractivity contribution in [3.63, 3.8) is 0 Å². The third-order valence-corrected chi connectivity index (χ3v) is 6.72. The van der Waals surface area contributed by atoms with Gasteiger partial charge in [-0.15, -0.1) is 0 Å². The van der Waals surface area contributed by atoms with Crippen LogP contribution in [0, 0.1) is 5.41 Å². The van der Waals surface area contributed by atoms with E-state index in [0.717, 1.165) is 26.2 Å². The normalized spacial score (nSPS) is 27.8. The van der Waals surface area contributed by atoms with Gasteiger partial charge in [0.1, 0.15) is 19.8 Å². The van der Waals surface area contributed by atoms with Gasteiger partial charge in [0.05, 0.1) is 24.7 Å². The Balaban J connectivity index is 1.45. The van der Waals surface area contributed by atoms with E-state index >= 15 is 0 Å². The summed E-state index contributed by atoms with van der Waals surface area (Å²) in [6.07, 6.45) is 1.54. The van der Waals surface area contributed by atoms with Gasteiger partial charge in [0, 0.05) is 57.9 Å². The quantitative estimate of drug-likeness (QED) is 0.192. The largest absolute Gasteiger partial charge is 0.465 e. The van der Waals surface area contributed by atoms with Crippen LogP contribution < -0.4 is 0 Å². The van der Waals surface area contributed by atoms with Crippen LogP contribution in [0.15, 0.2) is 0 Å². The van der Waals surface area contributed by atoms with Crippen molar-refractivity contribution in [1.29, 1.82) is 0 Å². The van der Waals surface area contributed by atoms with Crippen LogP contribution in [0.3, 0.4) is 0 Å². The minimum atomic E-state index is -0.735. The lowest BCUT2D eigenvalue weighted by Crippen LogP contribution is -2.39. The van der Waals surface area contributed by atoms with Gasteiger partial charge in [0.2, 0.25) is 0 Å². The van der Waals surface area contributed by atoms with Crippen LogP contribution in [-0.4, -0.2) is 110 Å². The first kappa shape index (κ1) is 24.9. The Morgan fingerprint density at radius 3 is 1.44 bits per heavy atom. The Hall–Kier alpha value is -1.71. The lowest BCUT2D eigenvalue weighted by Gasteiger charge is -2.31. The van der Waals surface area contributed by atoms with Crippen LogP contribution in [0.5, 0.6) is 0 Å². The number of esters is 3. The molecule has 0 N–H and O–H groups in total. The van der Waals surface area contributed by atoms with Crippen LogP contribution in [0.1, 0.15) is 46.5 Å². The molecule has 0 bridgehead atoms. The van der Waals surface area contributed by atoms with Gasteiger partial charge >= 0.3 is 17.9 Å². The molecule has 0 aromatic heterocycles. The molecular formula is C23H39N3O6. The molecule has 182 valence electrons. The molecule has 0 radical (unpaired) electrons. The van der Waals surface area contributed by atoms with Crippen molar-refractivity contribution in [1.82, 2.24) is 14.7 Å². The predicted molar refractivity (Wildman–Crippen MR) is 118 cm³/mol. The highest BCUT2D eigenvalue weighted by Crippen LogP contribution is 2.26. The molecule has 3 aliphatic heterocycles. The molecule has 3 rings (SSSR count). The maximum absolute atomic E-state index is 12.2. The van der Waals surface area contributed by atoms with Gasteiger partial charge in [0.25, 0.3) is 0 Å². The number of carbonyl (C=O) groups excluding carboxylic acids is 3. The van der Waals surface area contributed by atoms with Crippen molar-refractivity contribution in [3.05, 3.63) is 0 Å². The Labute approximate surface area is 191 Å². The Kier molecular flexibility index (Phi) is 8.90. The smallest absolute Gasteiger partial charge is 0.307 e. The van der Waals surface area contributed by atoms with Gasteiger partial charge in [-0.2, -0.15) is 0 Å². The number of rotatable bonds is 16. The number of hydrogen-bond donors (Lipinski definition) is 0. The van der Waals surface area contributed by atoms with Crippen LogP contribution in [-0.2, 0) is 28.6 Å². The summed E-state index contributed by atoms with van der Waals surface area (Å²) in [5, 5.41) is 0. The molecule has 9 heteroatoms. The fourth-order valence-corrected chi connectivity index (χ4v) is 3.57. The van der Waals surface area contributed by atoms with Crippen LogP contribution in [0.4, 0.5) is 0 Å². The highest BCUT2D eigenvalue weighted by molar-refractivity contribution is 5.70. The first-order valence-electron chi connectivity index (χ1n) is 12.0. The first-order chi connectivity index (χ1) is 15.3. The molecule has 0 saturated carbocycles. The van der Waals surface area contributed by atoms with E-state index in [0.29, 0.717) is 57.4 Å². The van der Waals surface area contributed by atoms with E-state index in [1.54, 1.807) is 0 Å². The Morgan fingerprint density at radius 1 is 0.750 bits per heavy atom. The highest BCUT2D eigenvalue weighted by Gasteiger charge is 2.35. The van der Waals surface area contributed by atoms with E-state index in [4.69, 9.17) is 14.2 Å². The molecule has 3 fully saturated rings. The van der Waals surface area contributed by atoms with Crippen LogP contribution in [0.25, 0.3) is 0 Å². The Morgan fingerprint density at radius 2 is 1.12 bits per heavy atom. The Bertz CT molecular complexity index is 632. The second-order valence-corrected chi connectivity index (χ2v) is 9.62. The standard InChI is InChI=1S/C23H39N3O6/c1-4-23(15-30-20(27)5-8-24-11-12-24,16-31-21(28)6-9-25-13-18(25)2)17-32-22(29)7-10-26-14-19(26)3/h18-19H,4-17H2,1-3H3. The van der Waals surface area contributed by atoms with Gasteiger partial charge in [-0.05, 0) is 20.3 Å². The molecule has 0 aromatic rings. The summed E-state index contributed by atoms with van der Waals surface area (Å²) in [4.78, 5) is 43.2. The maximum Gasteiger partial charge on any atom is 0.307 e. The zero-order valence-corrected chi connectivity index (χ0v) is 19.8. The molecule has 4 atom stereocenters. The minimum absolute atomic E-state index is 0.0632. The summed E-state index contributed by atoms with van der Waals surface area (Å²) in [5.74, 6) is -0.841. The maximum atomic E-state index is 12.2. The van der Waals surface area contributed by atoms with Crippen LogP contribution in [0.2, 0.25) is 0 Å². The van der Waals surface area contributed by atoms with Crippen LogP contribution >= 0.6 is 0 Å². The third-order valence-electron chi connectivity index (χ3n) is 6.72. The van der Waals surface area contributed by atoms with Gasteiger partial charge in [-0.3, -0.25) is 24.2 Å². The predicted octanol–water partition coefficient (Wildman–Crippen LogP) is 0.907. The molecule has 3 aliphatic rings. The van der Waals surface area contributed by atoms with Crippen molar-refractivity contribution < 1.29 is 28.6 Å². The fourth-order valence-electron chi connectivity index (χ4n) is 3.57. The van der Waals surface area contributed by atoms with E-state index in [1.807, 2.05) is 6.92 Å². The molecule has 0 spiro atoms. The van der Waals surface area contributed by atoms with E-state index < -0.39 is 5.41 Å². The minimum Gasteiger partial charge on any atom is -0.465 e. The first-order valence-corrected chi connectivity index (χ1v) is 12.0. The summed E-state index contributed by atoms with van der Waals surface area (Å²) >= 11 is 0. The number of carbonyl (C=O) groups is 3. The molecule has 0 aliphatic carbocycles. The van der Waals surface area contributed by atoms with Gasteiger partial charge in [-0.25, -0.2) is 0 Å². The molecule has 0 amide bonds. The number of hydrogen-bond acceptors (Lipinski definition) is 9. The van der Waals surface area contributed by atoms with Gasteiger partial charge in [-0.1, -0.05) is 6.92 Å². The van der Waals surface area contributed by atoms with Crippen molar-refractivity contribution in [2.24, 2.45) is 5.41 Å².